The van der Waals surface area contributed by atoms with Crippen molar-refractivity contribution in [1.29, 1.82) is 0 Å². The average molecular weight is 665 g/mol. The Morgan fingerprint density at radius 2 is 1.42 bits per heavy atom. The van der Waals surface area contributed by atoms with Gasteiger partial charge in [0.25, 0.3) is 0 Å². The number of allylic oxidation sites excluding steroid dienone is 2. The lowest BCUT2D eigenvalue weighted by Gasteiger charge is -2.41. The molecule has 0 spiro atoms. The number of aliphatic carboxylic acids is 2. The van der Waals surface area contributed by atoms with Gasteiger partial charge in [0, 0.05) is 6.54 Å². The normalized spacial score (nSPS) is 28.5. The number of carbonyl (C=O) groups excluding carboxylic acids is 3. The Morgan fingerprint density at radius 1 is 0.953 bits per heavy atom. The third kappa shape index (κ3) is 4.69. The Kier molecular flexibility index (Phi) is 8.22. The fraction of sp³-hybridized carbons (Fsp3) is 0.367. The number of hydrogen-bond donors (Lipinski definition) is 3. The second-order valence-electron chi connectivity index (χ2n) is 11.0. The summed E-state index contributed by atoms with van der Waals surface area (Å²) in [5.41, 5.74) is 6.30. The maximum atomic E-state index is 14.3. The zero-order chi connectivity index (χ0) is 32.1. The highest BCUT2D eigenvalue weighted by Gasteiger charge is 2.85. The number of nitrogens with zero attached hydrogens (tertiary/aromatic N) is 1. The molecule has 228 valence electrons. The van der Waals surface area contributed by atoms with Crippen LogP contribution >= 0.6 is 15.9 Å². The van der Waals surface area contributed by atoms with Gasteiger partial charge in [0.05, 0.1) is 16.7 Å². The molecule has 4 N–H and O–H groups in total. The second kappa shape index (κ2) is 11.0. The number of Topliss-reactive ketones (excluding diaryl/α,β-unsaturated/α-hetero) is 1. The summed E-state index contributed by atoms with van der Waals surface area (Å²) >= 11 is 3.70. The van der Waals surface area contributed by atoms with E-state index < -0.39 is 57.0 Å². The lowest BCUT2D eigenvalue weighted by atomic mass is 9.63. The number of carbonyl (C=O) groups is 5. The number of imide groups is 1. The monoisotopic (exact) mass is 664 g/mol. The van der Waals surface area contributed by atoms with Gasteiger partial charge in [-0.3, -0.25) is 24.1 Å². The number of likely N-dealkylation sites (tertiary alicyclic amines) is 1. The predicted molar refractivity (Wildman–Crippen MR) is 151 cm³/mol. The van der Waals surface area contributed by atoms with Crippen LogP contribution in [0.25, 0.3) is 11.1 Å². The summed E-state index contributed by atoms with van der Waals surface area (Å²) in [6.45, 7) is 3.61. The standard InChI is InChI=1S/C28H27BrN2O5.C2HF3O2/c1-26-19(16-10-5-3-6-11-16)20(17-12-7-4-8-13-17)27(2,24(26)35)28(29)21(26)22(32)31(25(28)36)15-9-14-18(30)23(33)34;3-2(4,5)1(6)7/h3-8,10-13,18,21H,9,14-15,30H2,1-2H3,(H,33,34);(H,6,7). The number of amides is 2. The number of ketones is 1. The molecule has 13 heteroatoms. The topological polar surface area (TPSA) is 155 Å². The van der Waals surface area contributed by atoms with Gasteiger partial charge in [0.1, 0.15) is 10.4 Å². The first kappa shape index (κ1) is 32.1. The van der Waals surface area contributed by atoms with Crippen LogP contribution in [0.15, 0.2) is 60.7 Å². The van der Waals surface area contributed by atoms with Gasteiger partial charge in [0.15, 0.2) is 5.78 Å². The molecule has 0 aromatic heterocycles. The van der Waals surface area contributed by atoms with Crippen molar-refractivity contribution in [3.05, 3.63) is 71.8 Å². The molecule has 2 aromatic rings. The number of nitrogens with two attached hydrogens (primary N) is 1. The van der Waals surface area contributed by atoms with Crippen LogP contribution in [0, 0.1) is 16.7 Å². The third-order valence-electron chi connectivity index (χ3n) is 8.55. The van der Waals surface area contributed by atoms with E-state index in [4.69, 9.17) is 20.7 Å². The molecule has 5 rings (SSSR count). The average Bonchev–Trinajstić information content (AvgIpc) is 3.33. The van der Waals surface area contributed by atoms with Crippen molar-refractivity contribution >= 4 is 56.6 Å². The summed E-state index contributed by atoms with van der Waals surface area (Å²) in [6, 6.07) is 18.0. The van der Waals surface area contributed by atoms with Crippen molar-refractivity contribution in [3.8, 4) is 0 Å². The van der Waals surface area contributed by atoms with Gasteiger partial charge in [-0.15, -0.1) is 0 Å². The van der Waals surface area contributed by atoms with Crippen LogP contribution in [0.2, 0.25) is 0 Å². The fourth-order valence-electron chi connectivity index (χ4n) is 6.66. The number of carboxylic acid groups (broad SMARTS) is 2. The Bertz CT molecular complexity index is 1530. The molecule has 1 saturated heterocycles. The molecule has 2 fully saturated rings. The molecule has 2 aliphatic carbocycles. The molecule has 1 aliphatic heterocycles. The first-order valence-electron chi connectivity index (χ1n) is 13.2. The third-order valence-corrected chi connectivity index (χ3v) is 10.1. The molecular formula is C30H28BrF3N2O7. The molecule has 5 atom stereocenters. The number of rotatable bonds is 7. The molecule has 2 bridgehead atoms. The highest BCUT2D eigenvalue weighted by atomic mass is 79.9. The van der Waals surface area contributed by atoms with E-state index in [1.807, 2.05) is 60.7 Å². The van der Waals surface area contributed by atoms with E-state index in [9.17, 15) is 32.3 Å². The highest BCUT2D eigenvalue weighted by Crippen LogP contribution is 2.77. The molecule has 2 amide bonds. The minimum Gasteiger partial charge on any atom is -0.480 e. The number of fused-ring (bicyclic) bond motifs is 5. The summed E-state index contributed by atoms with van der Waals surface area (Å²) < 4.78 is 30.3. The van der Waals surface area contributed by atoms with Crippen LogP contribution in [-0.2, 0) is 24.0 Å². The van der Waals surface area contributed by atoms with Crippen LogP contribution in [0.4, 0.5) is 13.2 Å². The summed E-state index contributed by atoms with van der Waals surface area (Å²) in [5, 5.41) is 16.2. The van der Waals surface area contributed by atoms with Crippen molar-refractivity contribution < 1.29 is 47.4 Å². The molecule has 0 radical (unpaired) electrons. The second-order valence-corrected chi connectivity index (χ2v) is 12.2. The van der Waals surface area contributed by atoms with Gasteiger partial charge in [0.2, 0.25) is 11.8 Å². The largest absolute Gasteiger partial charge is 0.490 e. The molecule has 1 saturated carbocycles. The van der Waals surface area contributed by atoms with E-state index >= 15 is 0 Å². The fourth-order valence-corrected chi connectivity index (χ4v) is 7.91. The Morgan fingerprint density at radius 3 is 1.86 bits per heavy atom. The molecule has 3 aliphatic rings. The zero-order valence-corrected chi connectivity index (χ0v) is 24.6. The maximum Gasteiger partial charge on any atom is 0.490 e. The predicted octanol–water partition coefficient (Wildman–Crippen LogP) is 4.15. The smallest absolute Gasteiger partial charge is 0.480 e. The maximum absolute atomic E-state index is 14.3. The number of halogens is 4. The van der Waals surface area contributed by atoms with Crippen LogP contribution in [0.5, 0.6) is 0 Å². The van der Waals surface area contributed by atoms with Gasteiger partial charge in [-0.25, -0.2) is 4.79 Å². The van der Waals surface area contributed by atoms with Crippen molar-refractivity contribution in [2.45, 2.75) is 43.2 Å². The summed E-state index contributed by atoms with van der Waals surface area (Å²) in [7, 11) is 0. The number of benzene rings is 2. The van der Waals surface area contributed by atoms with Crippen LogP contribution in [-0.4, -0.2) is 67.7 Å². The number of hydrogen-bond acceptors (Lipinski definition) is 6. The Hall–Kier alpha value is -3.84. The van der Waals surface area contributed by atoms with Crippen molar-refractivity contribution in [2.24, 2.45) is 22.5 Å². The Balaban J connectivity index is 0.000000541. The van der Waals surface area contributed by atoms with Crippen molar-refractivity contribution in [3.63, 3.8) is 0 Å². The first-order valence-corrected chi connectivity index (χ1v) is 14.0. The van der Waals surface area contributed by atoms with E-state index in [1.54, 1.807) is 13.8 Å². The van der Waals surface area contributed by atoms with E-state index in [0.29, 0.717) is 0 Å². The van der Waals surface area contributed by atoms with E-state index in [-0.39, 0.29) is 25.2 Å². The van der Waals surface area contributed by atoms with Gasteiger partial charge in [-0.1, -0.05) is 76.6 Å². The van der Waals surface area contributed by atoms with Gasteiger partial charge in [-0.05, 0) is 49.0 Å². The quantitative estimate of drug-likeness (QED) is 0.295. The lowest BCUT2D eigenvalue weighted by Crippen LogP contribution is -2.50. The lowest BCUT2D eigenvalue weighted by molar-refractivity contribution is -0.192. The van der Waals surface area contributed by atoms with E-state index in [1.165, 1.54) is 4.90 Å². The highest BCUT2D eigenvalue weighted by molar-refractivity contribution is 9.10. The Labute approximate surface area is 252 Å². The van der Waals surface area contributed by atoms with Crippen molar-refractivity contribution in [2.75, 3.05) is 6.54 Å². The minimum absolute atomic E-state index is 0.0458. The van der Waals surface area contributed by atoms with E-state index in [2.05, 4.69) is 15.9 Å². The molecule has 9 nitrogen and oxygen atoms in total. The summed E-state index contributed by atoms with van der Waals surface area (Å²) in [5.74, 6) is -5.83. The van der Waals surface area contributed by atoms with Crippen LogP contribution in [0.3, 0.4) is 0 Å². The molecule has 2 aromatic carbocycles. The summed E-state index contributed by atoms with van der Waals surface area (Å²) in [4.78, 5) is 63.3. The SMILES string of the molecule is CC12C(=O)C(C)(C(c3ccccc3)=C1c1ccccc1)C1(Br)C(=O)N(CCCC(N)C(=O)O)C(=O)C21.O=C(O)C(F)(F)F. The zero-order valence-electron chi connectivity index (χ0n) is 23.0. The van der Waals surface area contributed by atoms with Gasteiger partial charge in [-0.2, -0.15) is 13.2 Å². The summed E-state index contributed by atoms with van der Waals surface area (Å²) in [6.07, 6.45) is -4.70. The molecule has 5 unspecified atom stereocenters. The minimum atomic E-state index is -5.08. The molecule has 43 heavy (non-hydrogen) atoms. The molecule has 1 heterocycles. The number of carboxylic acids is 2. The van der Waals surface area contributed by atoms with Gasteiger partial charge < -0.3 is 15.9 Å². The van der Waals surface area contributed by atoms with Crippen molar-refractivity contribution in [1.82, 2.24) is 4.90 Å². The van der Waals surface area contributed by atoms with Crippen LogP contribution in [0.1, 0.15) is 37.8 Å². The van der Waals surface area contributed by atoms with Crippen LogP contribution < -0.4 is 5.73 Å². The molecular weight excluding hydrogens is 637 g/mol. The number of alkyl halides is 4. The first-order chi connectivity index (χ1) is 20.0. The van der Waals surface area contributed by atoms with Gasteiger partial charge >= 0.3 is 18.1 Å². The van der Waals surface area contributed by atoms with E-state index in [0.717, 1.165) is 22.3 Å².